The number of carbonyl (C=O) groups is 1. The lowest BCUT2D eigenvalue weighted by molar-refractivity contribution is 0.0698. The minimum atomic E-state index is -0.965. The van der Waals surface area contributed by atoms with Crippen LogP contribution in [0.5, 0.6) is 5.75 Å². The van der Waals surface area contributed by atoms with Gasteiger partial charge in [-0.1, -0.05) is 0 Å². The third kappa shape index (κ3) is 3.25. The van der Waals surface area contributed by atoms with E-state index in [0.717, 1.165) is 0 Å². The Morgan fingerprint density at radius 3 is 3.00 bits per heavy atom. The first-order chi connectivity index (χ1) is 9.20. The minimum absolute atomic E-state index is 0.228. The predicted octanol–water partition coefficient (Wildman–Crippen LogP) is 1.70. The molecule has 0 amide bonds. The van der Waals surface area contributed by atoms with Gasteiger partial charge in [-0.05, 0) is 12.1 Å². The van der Waals surface area contributed by atoms with Crippen molar-refractivity contribution in [2.45, 2.75) is 6.54 Å². The molecule has 2 N–H and O–H groups in total. The van der Waals surface area contributed by atoms with Gasteiger partial charge in [0, 0.05) is 31.5 Å². The van der Waals surface area contributed by atoms with Gasteiger partial charge in [0.05, 0.1) is 24.7 Å². The zero-order chi connectivity index (χ0) is 13.7. The number of benzene rings is 1. The van der Waals surface area contributed by atoms with Gasteiger partial charge in [-0.3, -0.25) is 0 Å². The third-order valence-corrected chi connectivity index (χ3v) is 2.70. The first-order valence-electron chi connectivity index (χ1n) is 5.81. The van der Waals surface area contributed by atoms with Crippen molar-refractivity contribution in [3.05, 3.63) is 42.5 Å². The summed E-state index contributed by atoms with van der Waals surface area (Å²) in [6, 6.07) is 4.84. The Labute approximate surface area is 110 Å². The molecule has 0 aliphatic heterocycles. The number of hydrogen-bond donors (Lipinski definition) is 2. The number of anilines is 1. The van der Waals surface area contributed by atoms with Gasteiger partial charge in [0.2, 0.25) is 0 Å². The van der Waals surface area contributed by atoms with Crippen LogP contribution in [0.25, 0.3) is 0 Å². The Morgan fingerprint density at radius 1 is 1.53 bits per heavy atom. The average Bonchev–Trinajstić information content (AvgIpc) is 2.91. The molecule has 0 saturated heterocycles. The number of rotatable bonds is 6. The standard InChI is InChI=1S/C13H15N3O3/c1-19-10-2-3-11(13(17)18)12(8-10)15-5-7-16-6-4-14-9-16/h2-4,6,8-9,15H,5,7H2,1H3,(H,17,18). The lowest BCUT2D eigenvalue weighted by atomic mass is 10.1. The quantitative estimate of drug-likeness (QED) is 0.827. The van der Waals surface area contributed by atoms with Crippen LogP contribution in [0.1, 0.15) is 10.4 Å². The maximum Gasteiger partial charge on any atom is 0.337 e. The molecule has 0 aliphatic rings. The lowest BCUT2D eigenvalue weighted by Gasteiger charge is -2.11. The van der Waals surface area contributed by atoms with Crippen LogP contribution in [0.2, 0.25) is 0 Å². The molecule has 0 saturated carbocycles. The van der Waals surface area contributed by atoms with Gasteiger partial charge in [0.15, 0.2) is 0 Å². The number of methoxy groups -OCH3 is 1. The van der Waals surface area contributed by atoms with Crippen LogP contribution >= 0.6 is 0 Å². The molecule has 0 aliphatic carbocycles. The summed E-state index contributed by atoms with van der Waals surface area (Å²) in [5, 5.41) is 12.2. The van der Waals surface area contributed by atoms with Crippen molar-refractivity contribution in [2.24, 2.45) is 0 Å². The van der Waals surface area contributed by atoms with Gasteiger partial charge >= 0.3 is 5.97 Å². The number of nitrogens with zero attached hydrogens (tertiary/aromatic N) is 2. The Morgan fingerprint density at radius 2 is 2.37 bits per heavy atom. The van der Waals surface area contributed by atoms with Crippen molar-refractivity contribution in [1.29, 1.82) is 0 Å². The summed E-state index contributed by atoms with van der Waals surface area (Å²) in [6.07, 6.45) is 5.27. The zero-order valence-electron chi connectivity index (χ0n) is 10.5. The van der Waals surface area contributed by atoms with Crippen LogP contribution in [-0.2, 0) is 6.54 Å². The molecule has 1 aromatic carbocycles. The van der Waals surface area contributed by atoms with E-state index in [2.05, 4.69) is 10.3 Å². The molecule has 6 nitrogen and oxygen atoms in total. The second-order valence-corrected chi connectivity index (χ2v) is 3.94. The zero-order valence-corrected chi connectivity index (χ0v) is 10.5. The molecule has 1 aromatic heterocycles. The van der Waals surface area contributed by atoms with Gasteiger partial charge in [0.1, 0.15) is 5.75 Å². The van der Waals surface area contributed by atoms with E-state index in [1.807, 2.05) is 10.8 Å². The number of imidazole rings is 1. The van der Waals surface area contributed by atoms with Crippen LogP contribution in [-0.4, -0.2) is 34.3 Å². The fourth-order valence-corrected chi connectivity index (χ4v) is 1.72. The maximum absolute atomic E-state index is 11.1. The van der Waals surface area contributed by atoms with Crippen molar-refractivity contribution >= 4 is 11.7 Å². The van der Waals surface area contributed by atoms with E-state index in [1.165, 1.54) is 6.07 Å². The summed E-state index contributed by atoms with van der Waals surface area (Å²) in [5.41, 5.74) is 0.776. The number of ether oxygens (including phenoxy) is 1. The normalized spacial score (nSPS) is 10.2. The van der Waals surface area contributed by atoms with Crippen molar-refractivity contribution < 1.29 is 14.6 Å². The number of aromatic nitrogens is 2. The van der Waals surface area contributed by atoms with Crippen molar-refractivity contribution in [3.63, 3.8) is 0 Å². The second-order valence-electron chi connectivity index (χ2n) is 3.94. The Kier molecular flexibility index (Phi) is 4.02. The molecule has 0 atom stereocenters. The van der Waals surface area contributed by atoms with Gasteiger partial charge < -0.3 is 19.7 Å². The SMILES string of the molecule is COc1ccc(C(=O)O)c(NCCn2ccnc2)c1. The summed E-state index contributed by atoms with van der Waals surface area (Å²) in [7, 11) is 1.55. The van der Waals surface area contributed by atoms with Gasteiger partial charge in [-0.25, -0.2) is 9.78 Å². The van der Waals surface area contributed by atoms with Crippen LogP contribution in [0.4, 0.5) is 5.69 Å². The largest absolute Gasteiger partial charge is 0.497 e. The fourth-order valence-electron chi connectivity index (χ4n) is 1.72. The number of carboxylic acid groups (broad SMARTS) is 1. The van der Waals surface area contributed by atoms with E-state index >= 15 is 0 Å². The van der Waals surface area contributed by atoms with E-state index in [-0.39, 0.29) is 5.56 Å². The van der Waals surface area contributed by atoms with Crippen LogP contribution in [0, 0.1) is 0 Å². The summed E-state index contributed by atoms with van der Waals surface area (Å²) in [5.74, 6) is -0.345. The van der Waals surface area contributed by atoms with Gasteiger partial charge in [-0.2, -0.15) is 0 Å². The van der Waals surface area contributed by atoms with Crippen LogP contribution in [0.3, 0.4) is 0 Å². The van der Waals surface area contributed by atoms with Crippen LogP contribution < -0.4 is 10.1 Å². The molecule has 6 heteroatoms. The molecule has 0 unspecified atom stereocenters. The molecule has 0 spiro atoms. The first kappa shape index (κ1) is 12.9. The van der Waals surface area contributed by atoms with Crippen molar-refractivity contribution in [2.75, 3.05) is 19.0 Å². The highest BCUT2D eigenvalue weighted by Gasteiger charge is 2.10. The highest BCUT2D eigenvalue weighted by molar-refractivity contribution is 5.94. The minimum Gasteiger partial charge on any atom is -0.497 e. The van der Waals surface area contributed by atoms with Gasteiger partial charge in [-0.15, -0.1) is 0 Å². The van der Waals surface area contributed by atoms with Crippen LogP contribution in [0.15, 0.2) is 36.9 Å². The molecule has 19 heavy (non-hydrogen) atoms. The lowest BCUT2D eigenvalue weighted by Crippen LogP contribution is -2.12. The van der Waals surface area contributed by atoms with Gasteiger partial charge in [0.25, 0.3) is 0 Å². The summed E-state index contributed by atoms with van der Waals surface area (Å²) < 4.78 is 7.00. The number of hydrogen-bond acceptors (Lipinski definition) is 4. The second kappa shape index (κ2) is 5.90. The number of carboxylic acids is 1. The van der Waals surface area contributed by atoms with Crippen molar-refractivity contribution in [1.82, 2.24) is 9.55 Å². The van der Waals surface area contributed by atoms with E-state index < -0.39 is 5.97 Å². The topological polar surface area (TPSA) is 76.4 Å². The number of aromatic carboxylic acids is 1. The highest BCUT2D eigenvalue weighted by Crippen LogP contribution is 2.22. The predicted molar refractivity (Wildman–Crippen MR) is 70.7 cm³/mol. The molecule has 0 radical (unpaired) electrons. The molecular formula is C13H15N3O3. The molecule has 2 rings (SSSR count). The maximum atomic E-state index is 11.1. The van der Waals surface area contributed by atoms with Crippen molar-refractivity contribution in [3.8, 4) is 5.75 Å². The summed E-state index contributed by atoms with van der Waals surface area (Å²) in [6.45, 7) is 1.31. The third-order valence-electron chi connectivity index (χ3n) is 2.70. The molecule has 2 aromatic rings. The monoisotopic (exact) mass is 261 g/mol. The average molecular weight is 261 g/mol. The van der Waals surface area contributed by atoms with E-state index in [9.17, 15) is 4.79 Å². The Balaban J connectivity index is 2.06. The Bertz CT molecular complexity index is 552. The molecule has 0 bridgehead atoms. The summed E-state index contributed by atoms with van der Waals surface area (Å²) >= 11 is 0. The molecular weight excluding hydrogens is 246 g/mol. The van der Waals surface area contributed by atoms with E-state index in [0.29, 0.717) is 24.5 Å². The number of nitrogens with one attached hydrogen (secondary N) is 1. The smallest absolute Gasteiger partial charge is 0.337 e. The summed E-state index contributed by atoms with van der Waals surface area (Å²) in [4.78, 5) is 15.1. The van der Waals surface area contributed by atoms with E-state index in [1.54, 1.807) is 31.8 Å². The van der Waals surface area contributed by atoms with E-state index in [4.69, 9.17) is 9.84 Å². The molecule has 100 valence electrons. The molecule has 1 heterocycles. The fraction of sp³-hybridized carbons (Fsp3) is 0.231. The highest BCUT2D eigenvalue weighted by atomic mass is 16.5. The Hall–Kier alpha value is -2.50. The first-order valence-corrected chi connectivity index (χ1v) is 5.81. The molecule has 0 fully saturated rings.